The molecule has 0 saturated carbocycles. The highest BCUT2D eigenvalue weighted by Gasteiger charge is 2.20. The maximum absolute atomic E-state index is 10.9. The quantitative estimate of drug-likeness (QED) is 0.785. The zero-order valence-corrected chi connectivity index (χ0v) is 9.78. The van der Waals surface area contributed by atoms with Crippen molar-refractivity contribution < 1.29 is 9.53 Å². The number of nitrogens with two attached hydrogens (primary N) is 1. The molecule has 0 bridgehead atoms. The Kier molecular flexibility index (Phi) is 3.71. The Bertz CT molecular complexity index is 377. The molecule has 0 aliphatic carbocycles. The van der Waals surface area contributed by atoms with Crippen molar-refractivity contribution in [2.24, 2.45) is 5.73 Å². The van der Waals surface area contributed by atoms with E-state index in [0.717, 1.165) is 0 Å². The van der Waals surface area contributed by atoms with Crippen LogP contribution in [0.15, 0.2) is 18.2 Å². The van der Waals surface area contributed by atoms with Crippen molar-refractivity contribution >= 4 is 11.7 Å². The highest BCUT2D eigenvalue weighted by molar-refractivity contribution is 5.75. The fourth-order valence-corrected chi connectivity index (χ4v) is 1.42. The summed E-state index contributed by atoms with van der Waals surface area (Å²) in [5, 5.41) is 3.13. The van der Waals surface area contributed by atoms with Crippen LogP contribution in [0.5, 0.6) is 5.88 Å². The largest absolute Gasteiger partial charge is 0.481 e. The Balaban J connectivity index is 2.75. The predicted molar refractivity (Wildman–Crippen MR) is 62.3 cm³/mol. The van der Waals surface area contributed by atoms with Crippen molar-refractivity contribution in [3.05, 3.63) is 18.2 Å². The van der Waals surface area contributed by atoms with E-state index in [1.54, 1.807) is 13.2 Å². The second-order valence-electron chi connectivity index (χ2n) is 4.22. The van der Waals surface area contributed by atoms with E-state index in [4.69, 9.17) is 10.5 Å². The summed E-state index contributed by atoms with van der Waals surface area (Å²) in [4.78, 5) is 15.1. The fourth-order valence-electron chi connectivity index (χ4n) is 1.42. The number of primary amides is 1. The third-order valence-electron chi connectivity index (χ3n) is 2.02. The van der Waals surface area contributed by atoms with Crippen LogP contribution in [0.25, 0.3) is 0 Å². The van der Waals surface area contributed by atoms with Gasteiger partial charge in [0.2, 0.25) is 11.8 Å². The number of amides is 1. The molecule has 0 unspecified atom stereocenters. The molecule has 1 amide bonds. The first-order chi connectivity index (χ1) is 7.43. The smallest absolute Gasteiger partial charge is 0.219 e. The van der Waals surface area contributed by atoms with E-state index < -0.39 is 5.54 Å². The van der Waals surface area contributed by atoms with E-state index in [0.29, 0.717) is 11.7 Å². The predicted octanol–water partition coefficient (Wildman–Crippen LogP) is 1.16. The Morgan fingerprint density at radius 3 is 2.81 bits per heavy atom. The summed E-state index contributed by atoms with van der Waals surface area (Å²) in [5.74, 6) is 0.839. The lowest BCUT2D eigenvalue weighted by atomic mass is 10.0. The van der Waals surface area contributed by atoms with Crippen LogP contribution in [0.2, 0.25) is 0 Å². The van der Waals surface area contributed by atoms with Crippen molar-refractivity contribution in [2.45, 2.75) is 25.8 Å². The zero-order chi connectivity index (χ0) is 12.2. The van der Waals surface area contributed by atoms with Gasteiger partial charge in [0.15, 0.2) is 0 Å². The summed E-state index contributed by atoms with van der Waals surface area (Å²) in [6, 6.07) is 5.39. The summed E-state index contributed by atoms with van der Waals surface area (Å²) in [6.07, 6.45) is 0.242. The third-order valence-corrected chi connectivity index (χ3v) is 2.02. The molecule has 5 heteroatoms. The van der Waals surface area contributed by atoms with E-state index in [-0.39, 0.29) is 12.3 Å². The normalized spacial score (nSPS) is 10.9. The van der Waals surface area contributed by atoms with Crippen molar-refractivity contribution in [3.63, 3.8) is 0 Å². The Morgan fingerprint density at radius 2 is 2.25 bits per heavy atom. The van der Waals surface area contributed by atoms with Gasteiger partial charge in [0.05, 0.1) is 7.11 Å². The molecule has 1 aromatic heterocycles. The summed E-state index contributed by atoms with van der Waals surface area (Å²) in [6.45, 7) is 3.78. The molecule has 3 N–H and O–H groups in total. The molecule has 5 nitrogen and oxygen atoms in total. The van der Waals surface area contributed by atoms with Crippen LogP contribution in [0.1, 0.15) is 20.3 Å². The number of ether oxygens (including phenoxy) is 1. The molecule has 16 heavy (non-hydrogen) atoms. The van der Waals surface area contributed by atoms with Crippen molar-refractivity contribution in [1.29, 1.82) is 0 Å². The number of rotatable bonds is 5. The number of nitrogens with one attached hydrogen (secondary N) is 1. The second-order valence-corrected chi connectivity index (χ2v) is 4.22. The molecule has 0 saturated heterocycles. The lowest BCUT2D eigenvalue weighted by Crippen LogP contribution is -2.36. The Hall–Kier alpha value is -1.78. The number of pyridine rings is 1. The molecule has 0 atom stereocenters. The number of methoxy groups -OCH3 is 1. The molecule has 88 valence electrons. The first kappa shape index (κ1) is 12.3. The SMILES string of the molecule is COc1cccc(NC(C)(C)CC(N)=O)n1. The molecule has 0 radical (unpaired) electrons. The van der Waals surface area contributed by atoms with Crippen LogP contribution >= 0.6 is 0 Å². The molecule has 0 spiro atoms. The van der Waals surface area contributed by atoms with Crippen LogP contribution in [0, 0.1) is 0 Å². The Labute approximate surface area is 95.0 Å². The van der Waals surface area contributed by atoms with Gasteiger partial charge in [-0.05, 0) is 19.9 Å². The highest BCUT2D eigenvalue weighted by atomic mass is 16.5. The first-order valence-corrected chi connectivity index (χ1v) is 5.00. The van der Waals surface area contributed by atoms with Gasteiger partial charge in [0, 0.05) is 18.0 Å². The fraction of sp³-hybridized carbons (Fsp3) is 0.455. The number of carbonyl (C=O) groups is 1. The number of carbonyl (C=O) groups excluding carboxylic acids is 1. The number of hydrogen-bond acceptors (Lipinski definition) is 4. The van der Waals surface area contributed by atoms with Crippen molar-refractivity contribution in [2.75, 3.05) is 12.4 Å². The van der Waals surface area contributed by atoms with E-state index in [9.17, 15) is 4.79 Å². The topological polar surface area (TPSA) is 77.2 Å². The van der Waals surface area contributed by atoms with Crippen LogP contribution in [0.4, 0.5) is 5.82 Å². The maximum Gasteiger partial charge on any atom is 0.219 e. The van der Waals surface area contributed by atoms with Crippen molar-refractivity contribution in [1.82, 2.24) is 4.98 Å². The molecular weight excluding hydrogens is 206 g/mol. The lowest BCUT2D eigenvalue weighted by molar-refractivity contribution is -0.118. The molecule has 0 fully saturated rings. The molecule has 0 aliphatic heterocycles. The number of anilines is 1. The van der Waals surface area contributed by atoms with Gasteiger partial charge in [-0.15, -0.1) is 0 Å². The minimum Gasteiger partial charge on any atom is -0.481 e. The standard InChI is InChI=1S/C11H17N3O2/c1-11(2,7-8(12)15)14-9-5-4-6-10(13-9)16-3/h4-6H,7H2,1-3H3,(H2,12,15)(H,13,14). The molecule has 0 aromatic carbocycles. The molecular formula is C11H17N3O2. The van der Waals surface area contributed by atoms with Gasteiger partial charge in [-0.3, -0.25) is 4.79 Å². The number of hydrogen-bond donors (Lipinski definition) is 2. The monoisotopic (exact) mass is 223 g/mol. The van der Waals surface area contributed by atoms with Gasteiger partial charge < -0.3 is 15.8 Å². The summed E-state index contributed by atoms with van der Waals surface area (Å²) < 4.78 is 5.01. The zero-order valence-electron chi connectivity index (χ0n) is 9.78. The summed E-state index contributed by atoms with van der Waals surface area (Å²) in [5.41, 5.74) is 4.74. The van der Waals surface area contributed by atoms with E-state index >= 15 is 0 Å². The first-order valence-electron chi connectivity index (χ1n) is 5.00. The van der Waals surface area contributed by atoms with Crippen LogP contribution in [0.3, 0.4) is 0 Å². The van der Waals surface area contributed by atoms with Crippen LogP contribution in [-0.4, -0.2) is 23.5 Å². The van der Waals surface area contributed by atoms with E-state index in [1.807, 2.05) is 26.0 Å². The van der Waals surface area contributed by atoms with Gasteiger partial charge >= 0.3 is 0 Å². The third kappa shape index (κ3) is 3.76. The molecule has 0 aliphatic rings. The van der Waals surface area contributed by atoms with E-state index in [1.165, 1.54) is 0 Å². The average molecular weight is 223 g/mol. The second kappa shape index (κ2) is 4.83. The van der Waals surface area contributed by atoms with Crippen LogP contribution in [-0.2, 0) is 4.79 Å². The molecule has 1 rings (SSSR count). The average Bonchev–Trinajstić information content (AvgIpc) is 2.15. The number of nitrogens with zero attached hydrogens (tertiary/aromatic N) is 1. The maximum atomic E-state index is 10.9. The van der Waals surface area contributed by atoms with Gasteiger partial charge in [-0.25, -0.2) is 0 Å². The highest BCUT2D eigenvalue weighted by Crippen LogP contribution is 2.18. The number of aromatic nitrogens is 1. The van der Waals surface area contributed by atoms with Gasteiger partial charge in [-0.2, -0.15) is 4.98 Å². The summed E-state index contributed by atoms with van der Waals surface area (Å²) in [7, 11) is 1.56. The lowest BCUT2D eigenvalue weighted by Gasteiger charge is -2.25. The minimum atomic E-state index is -0.425. The van der Waals surface area contributed by atoms with E-state index in [2.05, 4.69) is 10.3 Å². The van der Waals surface area contributed by atoms with Crippen LogP contribution < -0.4 is 15.8 Å². The van der Waals surface area contributed by atoms with Crippen molar-refractivity contribution in [3.8, 4) is 5.88 Å². The van der Waals surface area contributed by atoms with Gasteiger partial charge in [0.25, 0.3) is 0 Å². The Morgan fingerprint density at radius 1 is 1.56 bits per heavy atom. The van der Waals surface area contributed by atoms with Gasteiger partial charge in [-0.1, -0.05) is 6.07 Å². The molecule has 1 aromatic rings. The minimum absolute atomic E-state index is 0.242. The summed E-state index contributed by atoms with van der Waals surface area (Å²) >= 11 is 0. The van der Waals surface area contributed by atoms with Gasteiger partial charge in [0.1, 0.15) is 5.82 Å². The molecule has 1 heterocycles.